The van der Waals surface area contributed by atoms with Gasteiger partial charge in [0.2, 0.25) is 5.91 Å². The van der Waals surface area contributed by atoms with Gasteiger partial charge in [0, 0.05) is 30.3 Å². The van der Waals surface area contributed by atoms with E-state index >= 15 is 0 Å². The molecule has 4 nitrogen and oxygen atoms in total. The Kier molecular flexibility index (Phi) is 4.36. The molecule has 2 rings (SSSR count). The number of hydrogen-bond donors (Lipinski definition) is 3. The molecule has 1 aromatic carbocycles. The molecule has 1 amide bonds. The number of halogens is 3. The van der Waals surface area contributed by atoms with Crippen molar-refractivity contribution in [2.24, 2.45) is 5.73 Å². The fraction of sp³-hybridized carbons (Fsp3) is 0.385. The molecule has 1 aliphatic heterocycles. The number of nitrogens with two attached hydrogens (primary N) is 1. The SMILES string of the molecule is NC(=S)c1cc(C(F)(F)F)ccc1NCC1CCC(=O)N1. The molecule has 114 valence electrons. The van der Waals surface area contributed by atoms with Crippen molar-refractivity contribution in [2.45, 2.75) is 25.1 Å². The minimum absolute atomic E-state index is 0.0243. The van der Waals surface area contributed by atoms with Crippen LogP contribution in [-0.2, 0) is 11.0 Å². The van der Waals surface area contributed by atoms with E-state index in [1.807, 2.05) is 0 Å². The van der Waals surface area contributed by atoms with Crippen LogP contribution in [-0.4, -0.2) is 23.5 Å². The lowest BCUT2D eigenvalue weighted by atomic mass is 10.1. The molecule has 0 spiro atoms. The molecular weight excluding hydrogens is 303 g/mol. The number of rotatable bonds is 4. The molecule has 0 aliphatic carbocycles. The van der Waals surface area contributed by atoms with Crippen LogP contribution in [0.15, 0.2) is 18.2 Å². The van der Waals surface area contributed by atoms with Gasteiger partial charge in [0.25, 0.3) is 0 Å². The van der Waals surface area contributed by atoms with E-state index in [-0.39, 0.29) is 22.5 Å². The van der Waals surface area contributed by atoms with Gasteiger partial charge < -0.3 is 16.4 Å². The summed E-state index contributed by atoms with van der Waals surface area (Å²) in [5.74, 6) is -0.0243. The predicted octanol–water partition coefficient (Wildman–Crippen LogP) is 2.03. The summed E-state index contributed by atoms with van der Waals surface area (Å²) >= 11 is 4.80. The second kappa shape index (κ2) is 5.88. The summed E-state index contributed by atoms with van der Waals surface area (Å²) in [6, 6.07) is 3.16. The van der Waals surface area contributed by atoms with Gasteiger partial charge in [-0.05, 0) is 24.6 Å². The highest BCUT2D eigenvalue weighted by Crippen LogP contribution is 2.32. The second-order valence-electron chi connectivity index (χ2n) is 4.81. The smallest absolute Gasteiger partial charge is 0.389 e. The van der Waals surface area contributed by atoms with E-state index in [0.29, 0.717) is 25.1 Å². The number of amides is 1. The Morgan fingerprint density at radius 3 is 2.71 bits per heavy atom. The first-order chi connectivity index (χ1) is 9.77. The second-order valence-corrected chi connectivity index (χ2v) is 5.25. The van der Waals surface area contributed by atoms with Gasteiger partial charge in [0.15, 0.2) is 0 Å². The number of carbonyl (C=O) groups excluding carboxylic acids is 1. The number of thiocarbonyl (C=S) groups is 1. The van der Waals surface area contributed by atoms with Crippen LogP contribution in [0.4, 0.5) is 18.9 Å². The summed E-state index contributed by atoms with van der Waals surface area (Å²) in [4.78, 5) is 11.0. The summed E-state index contributed by atoms with van der Waals surface area (Å²) in [6.45, 7) is 0.409. The molecule has 8 heteroatoms. The van der Waals surface area contributed by atoms with Gasteiger partial charge in [-0.2, -0.15) is 13.2 Å². The summed E-state index contributed by atoms with van der Waals surface area (Å²) in [7, 11) is 0. The molecule has 0 saturated carbocycles. The van der Waals surface area contributed by atoms with E-state index in [4.69, 9.17) is 18.0 Å². The highest BCUT2D eigenvalue weighted by molar-refractivity contribution is 7.80. The molecular formula is C13H14F3N3OS. The molecule has 1 aliphatic rings. The van der Waals surface area contributed by atoms with Crippen LogP contribution in [0.25, 0.3) is 0 Å². The van der Waals surface area contributed by atoms with Gasteiger partial charge >= 0.3 is 6.18 Å². The number of carbonyl (C=O) groups is 1. The fourth-order valence-corrected chi connectivity index (χ4v) is 2.31. The van der Waals surface area contributed by atoms with Crippen molar-refractivity contribution in [3.05, 3.63) is 29.3 Å². The molecule has 1 saturated heterocycles. The fourth-order valence-electron chi connectivity index (χ4n) is 2.14. The summed E-state index contributed by atoms with van der Waals surface area (Å²) in [6.07, 6.45) is -3.30. The number of nitrogens with one attached hydrogen (secondary N) is 2. The highest BCUT2D eigenvalue weighted by Gasteiger charge is 2.31. The zero-order chi connectivity index (χ0) is 15.6. The van der Waals surface area contributed by atoms with Crippen molar-refractivity contribution in [2.75, 3.05) is 11.9 Å². The van der Waals surface area contributed by atoms with E-state index in [0.717, 1.165) is 12.1 Å². The zero-order valence-corrected chi connectivity index (χ0v) is 11.8. The predicted molar refractivity (Wildman–Crippen MR) is 77.0 cm³/mol. The van der Waals surface area contributed by atoms with Crippen molar-refractivity contribution in [3.8, 4) is 0 Å². The normalized spacial score (nSPS) is 18.4. The first kappa shape index (κ1) is 15.6. The quantitative estimate of drug-likeness (QED) is 0.744. The van der Waals surface area contributed by atoms with Gasteiger partial charge in [0.1, 0.15) is 4.99 Å². The van der Waals surface area contributed by atoms with Crippen molar-refractivity contribution < 1.29 is 18.0 Å². The van der Waals surface area contributed by atoms with E-state index in [9.17, 15) is 18.0 Å². The van der Waals surface area contributed by atoms with Crippen LogP contribution in [0.2, 0.25) is 0 Å². The third-order valence-electron chi connectivity index (χ3n) is 3.24. The van der Waals surface area contributed by atoms with Crippen LogP contribution < -0.4 is 16.4 Å². The Labute approximate surface area is 124 Å². The van der Waals surface area contributed by atoms with E-state index in [1.165, 1.54) is 6.07 Å². The highest BCUT2D eigenvalue weighted by atomic mass is 32.1. The summed E-state index contributed by atoms with van der Waals surface area (Å²) < 4.78 is 38.1. The van der Waals surface area contributed by atoms with Gasteiger partial charge in [-0.15, -0.1) is 0 Å². The van der Waals surface area contributed by atoms with E-state index in [2.05, 4.69) is 10.6 Å². The first-order valence-electron chi connectivity index (χ1n) is 6.31. The van der Waals surface area contributed by atoms with Crippen LogP contribution in [0.1, 0.15) is 24.0 Å². The van der Waals surface area contributed by atoms with Gasteiger partial charge in [-0.3, -0.25) is 4.79 Å². The summed E-state index contributed by atoms with van der Waals surface area (Å²) in [5, 5.41) is 5.75. The average Bonchev–Trinajstić information content (AvgIpc) is 2.80. The monoisotopic (exact) mass is 317 g/mol. The third kappa shape index (κ3) is 3.84. The standard InChI is InChI=1S/C13H14F3N3OS/c14-13(15,16)7-1-3-10(9(5-7)12(17)21)18-6-8-2-4-11(20)19-8/h1,3,5,8,18H,2,4,6H2,(H2,17,21)(H,19,20). The molecule has 0 radical (unpaired) electrons. The maximum absolute atomic E-state index is 12.7. The number of alkyl halides is 3. The van der Waals surface area contributed by atoms with Crippen molar-refractivity contribution in [1.82, 2.24) is 5.32 Å². The minimum Gasteiger partial charge on any atom is -0.389 e. The zero-order valence-electron chi connectivity index (χ0n) is 11.0. The van der Waals surface area contributed by atoms with Crippen molar-refractivity contribution in [3.63, 3.8) is 0 Å². The molecule has 4 N–H and O–H groups in total. The molecule has 1 atom stereocenters. The maximum Gasteiger partial charge on any atom is 0.416 e. The lowest BCUT2D eigenvalue weighted by molar-refractivity contribution is -0.137. The topological polar surface area (TPSA) is 67.1 Å². The lowest BCUT2D eigenvalue weighted by Crippen LogP contribution is -2.32. The minimum atomic E-state index is -4.45. The largest absolute Gasteiger partial charge is 0.416 e. The van der Waals surface area contributed by atoms with Crippen molar-refractivity contribution >= 4 is 28.8 Å². The Morgan fingerprint density at radius 2 is 2.19 bits per heavy atom. The molecule has 0 aromatic heterocycles. The van der Waals surface area contributed by atoms with E-state index < -0.39 is 11.7 Å². The Hall–Kier alpha value is -1.83. The summed E-state index contributed by atoms with van der Waals surface area (Å²) in [5.41, 5.74) is 5.26. The molecule has 1 heterocycles. The Balaban J connectivity index is 2.15. The lowest BCUT2D eigenvalue weighted by Gasteiger charge is -2.17. The number of hydrogen-bond acceptors (Lipinski definition) is 3. The van der Waals surface area contributed by atoms with Gasteiger partial charge in [-0.1, -0.05) is 12.2 Å². The van der Waals surface area contributed by atoms with Gasteiger partial charge in [-0.25, -0.2) is 0 Å². The van der Waals surface area contributed by atoms with E-state index in [1.54, 1.807) is 0 Å². The molecule has 1 unspecified atom stereocenters. The Bertz CT molecular complexity index is 574. The molecule has 0 bridgehead atoms. The number of anilines is 1. The van der Waals surface area contributed by atoms with Crippen LogP contribution >= 0.6 is 12.2 Å². The maximum atomic E-state index is 12.7. The molecule has 21 heavy (non-hydrogen) atoms. The van der Waals surface area contributed by atoms with Crippen molar-refractivity contribution in [1.29, 1.82) is 0 Å². The van der Waals surface area contributed by atoms with Crippen LogP contribution in [0.3, 0.4) is 0 Å². The third-order valence-corrected chi connectivity index (χ3v) is 3.46. The van der Waals surface area contributed by atoms with Gasteiger partial charge in [0.05, 0.1) is 5.56 Å². The van der Waals surface area contributed by atoms with Crippen LogP contribution in [0.5, 0.6) is 0 Å². The average molecular weight is 317 g/mol. The Morgan fingerprint density at radius 1 is 1.48 bits per heavy atom. The molecule has 1 aromatic rings. The number of benzene rings is 1. The molecule has 1 fully saturated rings. The first-order valence-corrected chi connectivity index (χ1v) is 6.72. The van der Waals surface area contributed by atoms with Crippen LogP contribution in [0, 0.1) is 0 Å².